The van der Waals surface area contributed by atoms with Gasteiger partial charge >= 0.3 is 5.97 Å². The van der Waals surface area contributed by atoms with Crippen molar-refractivity contribution in [3.63, 3.8) is 0 Å². The molecule has 0 aliphatic heterocycles. The van der Waals surface area contributed by atoms with Gasteiger partial charge in [-0.2, -0.15) is 5.10 Å². The topological polar surface area (TPSA) is 114 Å². The van der Waals surface area contributed by atoms with Crippen molar-refractivity contribution >= 4 is 27.8 Å². The van der Waals surface area contributed by atoms with Crippen molar-refractivity contribution in [1.29, 1.82) is 0 Å². The lowest BCUT2D eigenvalue weighted by molar-refractivity contribution is 0.0697. The lowest BCUT2D eigenvalue weighted by Crippen LogP contribution is -2.22. The van der Waals surface area contributed by atoms with E-state index in [9.17, 15) is 9.59 Å². The summed E-state index contributed by atoms with van der Waals surface area (Å²) < 4.78 is 1.58. The number of fused-ring (bicyclic) bond motifs is 3. The molecule has 0 radical (unpaired) electrons. The minimum absolute atomic E-state index is 0.139. The molecular weight excluding hydrogens is 284 g/mol. The van der Waals surface area contributed by atoms with E-state index >= 15 is 0 Å². The van der Waals surface area contributed by atoms with Crippen LogP contribution in [-0.2, 0) is 6.54 Å². The van der Waals surface area contributed by atoms with Crippen LogP contribution in [0.2, 0.25) is 0 Å². The first-order chi connectivity index (χ1) is 10.5. The van der Waals surface area contributed by atoms with E-state index in [1.807, 2.05) is 0 Å². The van der Waals surface area contributed by atoms with Gasteiger partial charge in [-0.15, -0.1) is 0 Å². The monoisotopic (exact) mass is 300 g/mol. The van der Waals surface area contributed by atoms with Crippen molar-refractivity contribution in [1.82, 2.24) is 14.8 Å². The summed E-state index contributed by atoms with van der Waals surface area (Å²) in [6.45, 7) is 2.69. The van der Waals surface area contributed by atoms with Gasteiger partial charge in [-0.3, -0.25) is 9.89 Å². The highest BCUT2D eigenvalue weighted by molar-refractivity contribution is 6.05. The van der Waals surface area contributed by atoms with Gasteiger partial charge in [-0.25, -0.2) is 4.79 Å². The number of hydrogen-bond donors (Lipinski definition) is 3. The Morgan fingerprint density at radius 2 is 2.23 bits per heavy atom. The number of H-pyrrole nitrogens is 1. The fourth-order valence-electron chi connectivity index (χ4n) is 2.69. The quantitative estimate of drug-likeness (QED) is 0.670. The number of benzene rings is 1. The number of aromatic nitrogens is 3. The van der Waals surface area contributed by atoms with E-state index in [2.05, 4.69) is 10.2 Å². The van der Waals surface area contributed by atoms with Crippen LogP contribution in [0.5, 0.6) is 0 Å². The number of pyridine rings is 1. The molecule has 4 N–H and O–H groups in total. The Balaban J connectivity index is 2.45. The maximum absolute atomic E-state index is 12.7. The van der Waals surface area contributed by atoms with Gasteiger partial charge in [0.1, 0.15) is 5.52 Å². The van der Waals surface area contributed by atoms with E-state index in [0.717, 1.165) is 5.39 Å². The smallest absolute Gasteiger partial charge is 0.335 e. The molecule has 3 rings (SSSR count). The average molecular weight is 300 g/mol. The predicted octanol–water partition coefficient (Wildman–Crippen LogP) is 1.23. The van der Waals surface area contributed by atoms with E-state index in [1.165, 1.54) is 12.1 Å². The molecule has 1 aromatic carbocycles. The molecule has 0 fully saturated rings. The highest BCUT2D eigenvalue weighted by Gasteiger charge is 2.16. The van der Waals surface area contributed by atoms with Gasteiger partial charge in [-0.05, 0) is 38.1 Å². The highest BCUT2D eigenvalue weighted by atomic mass is 16.4. The summed E-state index contributed by atoms with van der Waals surface area (Å²) in [6, 6.07) is 4.73. The molecule has 114 valence electrons. The van der Waals surface area contributed by atoms with Crippen molar-refractivity contribution in [3.8, 4) is 0 Å². The number of carboxylic acids is 1. The van der Waals surface area contributed by atoms with Gasteiger partial charge in [0.2, 0.25) is 0 Å². The Bertz CT molecular complexity index is 939. The van der Waals surface area contributed by atoms with Crippen LogP contribution in [0.25, 0.3) is 21.8 Å². The SMILES string of the molecule is Cc1[nH]nc2c1c(=O)n(CCCN)c1cc(C(=O)O)ccc21. The first-order valence-corrected chi connectivity index (χ1v) is 6.99. The van der Waals surface area contributed by atoms with Gasteiger partial charge in [0.05, 0.1) is 16.5 Å². The first kappa shape index (κ1) is 14.3. The molecule has 7 heteroatoms. The van der Waals surface area contributed by atoms with Crippen molar-refractivity contribution in [2.75, 3.05) is 6.54 Å². The third-order valence-electron chi connectivity index (χ3n) is 3.78. The summed E-state index contributed by atoms with van der Waals surface area (Å²) in [5.74, 6) is -1.03. The normalized spacial score (nSPS) is 11.4. The number of aromatic amines is 1. The molecule has 2 heterocycles. The lowest BCUT2D eigenvalue weighted by Gasteiger charge is -2.11. The van der Waals surface area contributed by atoms with E-state index < -0.39 is 5.97 Å². The Morgan fingerprint density at radius 3 is 2.91 bits per heavy atom. The number of carboxylic acid groups (broad SMARTS) is 1. The molecule has 0 bridgehead atoms. The van der Waals surface area contributed by atoms with Crippen molar-refractivity contribution in [3.05, 3.63) is 39.8 Å². The van der Waals surface area contributed by atoms with Gasteiger partial charge in [-0.1, -0.05) is 0 Å². The standard InChI is InChI=1S/C15H16N4O3/c1-8-12-13(18-17-8)10-4-3-9(15(21)22)7-11(10)19(14(12)20)6-2-5-16/h3-4,7H,2,5-6,16H2,1H3,(H,17,18)(H,21,22). The van der Waals surface area contributed by atoms with Gasteiger partial charge in [0.15, 0.2) is 0 Å². The number of rotatable bonds is 4. The molecule has 0 saturated carbocycles. The second kappa shape index (κ2) is 5.27. The second-order valence-corrected chi connectivity index (χ2v) is 5.21. The van der Waals surface area contributed by atoms with E-state index in [0.29, 0.717) is 41.6 Å². The van der Waals surface area contributed by atoms with Gasteiger partial charge in [0.25, 0.3) is 5.56 Å². The number of aryl methyl sites for hydroxylation is 2. The molecule has 0 aliphatic carbocycles. The maximum Gasteiger partial charge on any atom is 0.335 e. The van der Waals surface area contributed by atoms with Crippen LogP contribution in [-0.4, -0.2) is 32.4 Å². The fraction of sp³-hybridized carbons (Fsp3) is 0.267. The zero-order valence-corrected chi connectivity index (χ0v) is 12.1. The summed E-state index contributed by atoms with van der Waals surface area (Å²) in [4.78, 5) is 23.9. The second-order valence-electron chi connectivity index (χ2n) is 5.21. The number of nitrogens with two attached hydrogens (primary N) is 1. The molecule has 3 aromatic rings. The zero-order valence-electron chi connectivity index (χ0n) is 12.1. The molecule has 0 atom stereocenters. The summed E-state index contributed by atoms with van der Waals surface area (Å²) in [7, 11) is 0. The summed E-state index contributed by atoms with van der Waals surface area (Å²) in [5.41, 5.74) is 7.34. The number of hydrogen-bond acceptors (Lipinski definition) is 4. The molecule has 0 aliphatic rings. The first-order valence-electron chi connectivity index (χ1n) is 6.99. The molecule has 7 nitrogen and oxygen atoms in total. The largest absolute Gasteiger partial charge is 0.478 e. The van der Waals surface area contributed by atoms with E-state index in [-0.39, 0.29) is 11.1 Å². The molecule has 0 unspecified atom stereocenters. The molecule has 2 aromatic heterocycles. The summed E-state index contributed by atoms with van der Waals surface area (Å²) >= 11 is 0. The average Bonchev–Trinajstić information content (AvgIpc) is 2.89. The third kappa shape index (κ3) is 2.06. The summed E-state index contributed by atoms with van der Waals surface area (Å²) in [5, 5.41) is 17.5. The zero-order chi connectivity index (χ0) is 15.9. The van der Waals surface area contributed by atoms with Crippen molar-refractivity contribution in [2.24, 2.45) is 5.73 Å². The van der Waals surface area contributed by atoms with Gasteiger partial charge < -0.3 is 15.4 Å². The van der Waals surface area contributed by atoms with Crippen molar-refractivity contribution < 1.29 is 9.90 Å². The van der Waals surface area contributed by atoms with Gasteiger partial charge in [0, 0.05) is 17.6 Å². The summed E-state index contributed by atoms with van der Waals surface area (Å²) in [6.07, 6.45) is 0.634. The molecule has 0 amide bonds. The Hall–Kier alpha value is -2.67. The number of carbonyl (C=O) groups is 1. The minimum atomic E-state index is -1.03. The fourth-order valence-corrected chi connectivity index (χ4v) is 2.69. The Labute approximate surface area is 125 Å². The number of nitrogens with one attached hydrogen (secondary N) is 1. The Morgan fingerprint density at radius 1 is 1.45 bits per heavy atom. The van der Waals surface area contributed by atoms with Crippen LogP contribution in [0.1, 0.15) is 22.5 Å². The molecule has 22 heavy (non-hydrogen) atoms. The maximum atomic E-state index is 12.7. The van der Waals surface area contributed by atoms with Crippen LogP contribution < -0.4 is 11.3 Å². The van der Waals surface area contributed by atoms with Crippen LogP contribution in [0.15, 0.2) is 23.0 Å². The Kier molecular flexibility index (Phi) is 3.42. The van der Waals surface area contributed by atoms with Crippen molar-refractivity contribution in [2.45, 2.75) is 19.9 Å². The number of nitrogens with zero attached hydrogens (tertiary/aromatic N) is 2. The van der Waals surface area contributed by atoms with E-state index in [1.54, 1.807) is 17.6 Å². The molecular formula is C15H16N4O3. The van der Waals surface area contributed by atoms with Crippen LogP contribution in [0.3, 0.4) is 0 Å². The van der Waals surface area contributed by atoms with Crippen LogP contribution in [0.4, 0.5) is 0 Å². The lowest BCUT2D eigenvalue weighted by atomic mass is 10.1. The third-order valence-corrected chi connectivity index (χ3v) is 3.78. The van der Waals surface area contributed by atoms with Crippen LogP contribution >= 0.6 is 0 Å². The minimum Gasteiger partial charge on any atom is -0.478 e. The van der Waals surface area contributed by atoms with Crippen LogP contribution in [0, 0.1) is 6.92 Å². The molecule has 0 spiro atoms. The molecule has 0 saturated heterocycles. The number of aromatic carboxylic acids is 1. The van der Waals surface area contributed by atoms with E-state index in [4.69, 9.17) is 10.8 Å². The predicted molar refractivity (Wildman–Crippen MR) is 83.2 cm³/mol. The highest BCUT2D eigenvalue weighted by Crippen LogP contribution is 2.24.